The summed E-state index contributed by atoms with van der Waals surface area (Å²) in [6, 6.07) is 24.2. The van der Waals surface area contributed by atoms with Crippen LogP contribution >= 0.6 is 0 Å². The number of carbonyl (C=O) groups is 1. The summed E-state index contributed by atoms with van der Waals surface area (Å²) < 4.78 is 5.44. The zero-order valence-corrected chi connectivity index (χ0v) is 13.0. The summed E-state index contributed by atoms with van der Waals surface area (Å²) in [7, 11) is 0. The van der Waals surface area contributed by atoms with E-state index in [1.54, 1.807) is 0 Å². The molecular weight excluding hydrogens is 284 g/mol. The first kappa shape index (κ1) is 15.0. The molecule has 0 bridgehead atoms. The summed E-state index contributed by atoms with van der Waals surface area (Å²) in [5.41, 5.74) is 2.07. The number of rotatable bonds is 4. The van der Waals surface area contributed by atoms with Crippen LogP contribution in [-0.2, 0) is 9.53 Å². The van der Waals surface area contributed by atoms with Crippen LogP contribution in [0.2, 0.25) is 0 Å². The Morgan fingerprint density at radius 2 is 1.61 bits per heavy atom. The number of esters is 1. The van der Waals surface area contributed by atoms with Crippen LogP contribution < -0.4 is 0 Å². The minimum absolute atomic E-state index is 0.290. The maximum Gasteiger partial charge on any atom is 0.303 e. The fourth-order valence-corrected chi connectivity index (χ4v) is 2.63. The Balaban J connectivity index is 1.95. The molecule has 114 valence electrons. The quantitative estimate of drug-likeness (QED) is 0.622. The predicted molar refractivity (Wildman–Crippen MR) is 93.9 cm³/mol. The van der Waals surface area contributed by atoms with Crippen molar-refractivity contribution in [3.63, 3.8) is 0 Å². The third-order valence-electron chi connectivity index (χ3n) is 3.69. The third kappa shape index (κ3) is 3.67. The van der Waals surface area contributed by atoms with E-state index in [2.05, 4.69) is 24.3 Å². The molecular formula is C21H18O2. The number of hydrogen-bond acceptors (Lipinski definition) is 2. The molecule has 0 aliphatic carbocycles. The van der Waals surface area contributed by atoms with Crippen LogP contribution in [-0.4, -0.2) is 5.97 Å². The van der Waals surface area contributed by atoms with Gasteiger partial charge in [-0.1, -0.05) is 78.9 Å². The molecule has 0 aliphatic rings. The fourth-order valence-electron chi connectivity index (χ4n) is 2.63. The molecule has 0 N–H and O–H groups in total. The number of fused-ring (bicyclic) bond motifs is 1. The molecule has 1 atom stereocenters. The first-order chi connectivity index (χ1) is 11.2. The van der Waals surface area contributed by atoms with Gasteiger partial charge in [-0.15, -0.1) is 0 Å². The lowest BCUT2D eigenvalue weighted by molar-refractivity contribution is -0.144. The molecule has 1 unspecified atom stereocenters. The number of hydrogen-bond donors (Lipinski definition) is 0. The molecule has 2 heteroatoms. The Morgan fingerprint density at radius 3 is 2.39 bits per heavy atom. The van der Waals surface area contributed by atoms with Crippen molar-refractivity contribution in [2.75, 3.05) is 0 Å². The predicted octanol–water partition coefficient (Wildman–Crippen LogP) is 5.16. The van der Waals surface area contributed by atoms with Crippen LogP contribution in [0.15, 0.2) is 78.9 Å². The van der Waals surface area contributed by atoms with E-state index in [1.807, 2.05) is 60.7 Å². The highest BCUT2D eigenvalue weighted by atomic mass is 16.5. The molecule has 2 nitrogen and oxygen atoms in total. The monoisotopic (exact) mass is 302 g/mol. The molecule has 0 amide bonds. The second-order valence-corrected chi connectivity index (χ2v) is 5.37. The molecule has 3 aromatic carbocycles. The number of benzene rings is 3. The number of carbonyl (C=O) groups excluding carboxylic acids is 1. The Kier molecular flexibility index (Phi) is 4.53. The van der Waals surface area contributed by atoms with Gasteiger partial charge in [0.25, 0.3) is 0 Å². The standard InChI is InChI=1S/C21H18O2/c1-16(22)23-21(19-9-3-2-4-10-19)15-14-18-12-7-11-17-8-5-6-13-20(17)18/h2-15,21H,1H3/b15-14+. The highest BCUT2D eigenvalue weighted by molar-refractivity contribution is 5.90. The minimum atomic E-state index is -0.382. The first-order valence-corrected chi connectivity index (χ1v) is 7.62. The van der Waals surface area contributed by atoms with Crippen molar-refractivity contribution < 1.29 is 9.53 Å². The van der Waals surface area contributed by atoms with E-state index in [1.165, 1.54) is 17.7 Å². The number of ether oxygens (including phenoxy) is 1. The van der Waals surface area contributed by atoms with Gasteiger partial charge in [0.05, 0.1) is 0 Å². The van der Waals surface area contributed by atoms with Gasteiger partial charge >= 0.3 is 5.97 Å². The van der Waals surface area contributed by atoms with Crippen LogP contribution in [0.5, 0.6) is 0 Å². The average Bonchev–Trinajstić information content (AvgIpc) is 2.59. The Bertz CT molecular complexity index is 829. The minimum Gasteiger partial charge on any atom is -0.453 e. The van der Waals surface area contributed by atoms with Crippen LogP contribution in [0.1, 0.15) is 24.2 Å². The molecule has 0 fully saturated rings. The first-order valence-electron chi connectivity index (χ1n) is 7.62. The largest absolute Gasteiger partial charge is 0.453 e. The SMILES string of the molecule is CC(=O)OC(/C=C/c1cccc2ccccc12)c1ccccc1. The molecule has 0 aliphatic heterocycles. The lowest BCUT2D eigenvalue weighted by atomic mass is 10.0. The second-order valence-electron chi connectivity index (χ2n) is 5.37. The van der Waals surface area contributed by atoms with Gasteiger partial charge in [-0.05, 0) is 28.0 Å². The van der Waals surface area contributed by atoms with Crippen molar-refractivity contribution >= 4 is 22.8 Å². The maximum absolute atomic E-state index is 11.4. The molecule has 0 radical (unpaired) electrons. The fraction of sp³-hybridized carbons (Fsp3) is 0.0952. The van der Waals surface area contributed by atoms with Crippen molar-refractivity contribution in [1.29, 1.82) is 0 Å². The van der Waals surface area contributed by atoms with Crippen LogP contribution in [0.25, 0.3) is 16.8 Å². The Hall–Kier alpha value is -2.87. The Morgan fingerprint density at radius 1 is 0.913 bits per heavy atom. The summed E-state index contributed by atoms with van der Waals surface area (Å²) in [5, 5.41) is 2.37. The van der Waals surface area contributed by atoms with Crippen LogP contribution in [0, 0.1) is 0 Å². The lowest BCUT2D eigenvalue weighted by Crippen LogP contribution is -2.05. The van der Waals surface area contributed by atoms with E-state index < -0.39 is 0 Å². The summed E-state index contributed by atoms with van der Waals surface area (Å²) in [5.74, 6) is -0.290. The van der Waals surface area contributed by atoms with Gasteiger partial charge in [0.1, 0.15) is 6.10 Å². The summed E-state index contributed by atoms with van der Waals surface area (Å²) >= 11 is 0. The third-order valence-corrected chi connectivity index (χ3v) is 3.69. The van der Waals surface area contributed by atoms with Gasteiger partial charge < -0.3 is 4.74 Å². The van der Waals surface area contributed by atoms with E-state index in [4.69, 9.17) is 4.74 Å². The zero-order chi connectivity index (χ0) is 16.1. The van der Waals surface area contributed by atoms with E-state index in [0.29, 0.717) is 0 Å². The summed E-state index contributed by atoms with van der Waals surface area (Å²) in [6.07, 6.45) is 3.56. The van der Waals surface area contributed by atoms with Gasteiger partial charge in [0, 0.05) is 6.92 Å². The molecule has 0 heterocycles. The molecule has 0 aromatic heterocycles. The van der Waals surface area contributed by atoms with E-state index >= 15 is 0 Å². The van der Waals surface area contributed by atoms with E-state index in [0.717, 1.165) is 11.1 Å². The topological polar surface area (TPSA) is 26.3 Å². The highest BCUT2D eigenvalue weighted by Gasteiger charge is 2.10. The zero-order valence-electron chi connectivity index (χ0n) is 13.0. The molecule has 0 saturated heterocycles. The molecule has 3 aromatic rings. The van der Waals surface area contributed by atoms with Gasteiger partial charge in [-0.3, -0.25) is 4.79 Å². The van der Waals surface area contributed by atoms with Crippen molar-refractivity contribution in [3.05, 3.63) is 90.0 Å². The molecule has 0 spiro atoms. The maximum atomic E-state index is 11.4. The van der Waals surface area contributed by atoms with Gasteiger partial charge in [0.2, 0.25) is 0 Å². The van der Waals surface area contributed by atoms with Crippen molar-refractivity contribution in [1.82, 2.24) is 0 Å². The van der Waals surface area contributed by atoms with Crippen molar-refractivity contribution in [2.45, 2.75) is 13.0 Å². The molecule has 3 rings (SSSR count). The average molecular weight is 302 g/mol. The van der Waals surface area contributed by atoms with Gasteiger partial charge in [0.15, 0.2) is 0 Å². The van der Waals surface area contributed by atoms with Crippen LogP contribution in [0.3, 0.4) is 0 Å². The normalized spacial score (nSPS) is 12.4. The molecule has 0 saturated carbocycles. The smallest absolute Gasteiger partial charge is 0.303 e. The molecule has 23 heavy (non-hydrogen) atoms. The lowest BCUT2D eigenvalue weighted by Gasteiger charge is -2.13. The van der Waals surface area contributed by atoms with E-state index in [9.17, 15) is 4.79 Å². The Labute approximate surface area is 136 Å². The van der Waals surface area contributed by atoms with Gasteiger partial charge in [-0.2, -0.15) is 0 Å². The van der Waals surface area contributed by atoms with Crippen LogP contribution in [0.4, 0.5) is 0 Å². The van der Waals surface area contributed by atoms with Crippen molar-refractivity contribution in [3.8, 4) is 0 Å². The second kappa shape index (κ2) is 6.93. The van der Waals surface area contributed by atoms with Crippen molar-refractivity contribution in [2.24, 2.45) is 0 Å². The highest BCUT2D eigenvalue weighted by Crippen LogP contribution is 2.24. The summed E-state index contributed by atoms with van der Waals surface area (Å²) in [4.78, 5) is 11.4. The summed E-state index contributed by atoms with van der Waals surface area (Å²) in [6.45, 7) is 1.43. The van der Waals surface area contributed by atoms with E-state index in [-0.39, 0.29) is 12.1 Å². The van der Waals surface area contributed by atoms with Gasteiger partial charge in [-0.25, -0.2) is 0 Å².